The molecule has 0 bridgehead atoms. The number of nitrogens with zero attached hydrogens (tertiary/aromatic N) is 2. The zero-order valence-electron chi connectivity index (χ0n) is 16.1. The second-order valence-electron chi connectivity index (χ2n) is 5.63. The molecule has 0 aliphatic heterocycles. The normalized spacial score (nSPS) is 11.7. The maximum absolute atomic E-state index is 11.9. The van der Waals surface area contributed by atoms with Crippen LogP contribution < -0.4 is 10.6 Å². The van der Waals surface area contributed by atoms with Gasteiger partial charge in [-0.1, -0.05) is 0 Å². The highest BCUT2D eigenvalue weighted by molar-refractivity contribution is 5.83. The van der Waals surface area contributed by atoms with Gasteiger partial charge in [-0.15, -0.1) is 0 Å². The van der Waals surface area contributed by atoms with E-state index in [0.717, 1.165) is 0 Å². The van der Waals surface area contributed by atoms with Crippen molar-refractivity contribution in [2.45, 2.75) is 50.7 Å². The molecule has 0 rings (SSSR count). The fourth-order valence-corrected chi connectivity index (χ4v) is 2.25. The first-order chi connectivity index (χ1) is 13.5. The lowest BCUT2D eigenvalue weighted by Gasteiger charge is -2.17. The molecule has 156 valence electrons. The highest BCUT2D eigenvalue weighted by atomic mass is 16.6. The molecule has 0 aromatic carbocycles. The summed E-state index contributed by atoms with van der Waals surface area (Å²) >= 11 is 0. The first-order valence-corrected chi connectivity index (χ1v) is 8.75. The fraction of sp³-hybridized carbons (Fsp3) is 0.706. The number of carbonyl (C=O) groups is 3. The van der Waals surface area contributed by atoms with Crippen LogP contribution in [0.25, 0.3) is 0 Å². The second kappa shape index (κ2) is 16.0. The van der Waals surface area contributed by atoms with E-state index in [1.54, 1.807) is 6.26 Å². The van der Waals surface area contributed by atoms with Crippen molar-refractivity contribution in [3.05, 3.63) is 0 Å². The Kier molecular flexibility index (Phi) is 14.2. The summed E-state index contributed by atoms with van der Waals surface area (Å²) in [5.41, 5.74) is 0. The van der Waals surface area contributed by atoms with E-state index in [4.69, 9.17) is 10.5 Å². The van der Waals surface area contributed by atoms with Crippen LogP contribution >= 0.6 is 0 Å². The van der Waals surface area contributed by atoms with Gasteiger partial charge in [-0.2, -0.15) is 10.5 Å². The molecule has 0 radical (unpaired) electrons. The number of amides is 2. The zero-order chi connectivity index (χ0) is 21.2. The number of unbranched alkanes of at least 4 members (excludes halogenated alkanes) is 2. The summed E-state index contributed by atoms with van der Waals surface area (Å²) in [4.78, 5) is 35.1. The van der Waals surface area contributed by atoms with E-state index in [1.165, 1.54) is 20.5 Å². The van der Waals surface area contributed by atoms with Crippen LogP contribution in [-0.4, -0.2) is 57.5 Å². The zero-order valence-corrected chi connectivity index (χ0v) is 16.1. The molecule has 2 N–H and O–H groups in total. The third kappa shape index (κ3) is 11.4. The molecule has 0 aliphatic rings. The average Bonchev–Trinajstić information content (AvgIpc) is 2.70. The topological polar surface area (TPSA) is 160 Å². The van der Waals surface area contributed by atoms with Crippen LogP contribution in [0, 0.1) is 23.0 Å². The first-order valence-electron chi connectivity index (χ1n) is 8.75. The predicted octanol–water partition coefficient (Wildman–Crippen LogP) is 0.705. The van der Waals surface area contributed by atoms with Crippen LogP contribution in [0.5, 0.6) is 0 Å². The highest BCUT2D eigenvalue weighted by Gasteiger charge is 2.22. The number of ether oxygens (including phenoxy) is 4. The minimum Gasteiger partial charge on any atom is -0.467 e. The van der Waals surface area contributed by atoms with Gasteiger partial charge in [0.2, 0.25) is 6.10 Å². The Hall–Kier alpha value is -3.21. The minimum atomic E-state index is -0.961. The van der Waals surface area contributed by atoms with Gasteiger partial charge in [0.1, 0.15) is 12.6 Å². The maximum Gasteiger partial charge on any atom is 0.348 e. The average molecular weight is 398 g/mol. The van der Waals surface area contributed by atoms with E-state index >= 15 is 0 Å². The van der Waals surface area contributed by atoms with Crippen molar-refractivity contribution in [3.63, 3.8) is 0 Å². The van der Waals surface area contributed by atoms with Crippen molar-refractivity contribution in [1.29, 1.82) is 10.5 Å². The van der Waals surface area contributed by atoms with Gasteiger partial charge in [0, 0.05) is 6.54 Å². The summed E-state index contributed by atoms with van der Waals surface area (Å²) < 4.78 is 18.4. The van der Waals surface area contributed by atoms with Crippen LogP contribution in [0.4, 0.5) is 4.79 Å². The summed E-state index contributed by atoms with van der Waals surface area (Å²) in [6.07, 6.45) is 4.86. The van der Waals surface area contributed by atoms with Gasteiger partial charge < -0.3 is 29.6 Å². The van der Waals surface area contributed by atoms with Gasteiger partial charge in [0.15, 0.2) is 0 Å². The molecule has 0 aromatic heterocycles. The van der Waals surface area contributed by atoms with Gasteiger partial charge in [-0.25, -0.2) is 14.4 Å². The quantitative estimate of drug-likeness (QED) is 0.244. The van der Waals surface area contributed by atoms with E-state index in [0.29, 0.717) is 38.6 Å². The van der Waals surface area contributed by atoms with E-state index < -0.39 is 30.1 Å². The Morgan fingerprint density at radius 3 is 2.21 bits per heavy atom. The Morgan fingerprint density at radius 2 is 1.61 bits per heavy atom. The van der Waals surface area contributed by atoms with Gasteiger partial charge in [-0.05, 0) is 38.5 Å². The number of carbonyl (C=O) groups excluding carboxylic acids is 3. The molecular weight excluding hydrogens is 372 g/mol. The molecule has 2 amide bonds. The number of hydrogen-bond donors (Lipinski definition) is 2. The number of nitriles is 2. The van der Waals surface area contributed by atoms with Crippen LogP contribution in [0.3, 0.4) is 0 Å². The molecule has 11 heteroatoms. The lowest BCUT2D eigenvalue weighted by Crippen LogP contribution is -2.46. The standard InChI is InChI=1S/C17H26N4O7/c1-25-15(22)13(7-4-6-10-27-11-18)21-17(24)20-9-5-3-8-14(28-12-19)16(23)26-2/h13-14H,3-10H2,1-2H3,(H2,20,21,24). The molecule has 0 aromatic rings. The molecule has 0 saturated heterocycles. The number of esters is 2. The fourth-order valence-electron chi connectivity index (χ4n) is 2.25. The molecule has 0 spiro atoms. The Balaban J connectivity index is 4.16. The SMILES string of the molecule is COC(=O)C(CCCCOC#N)NC(=O)NCCCCC(OC#N)C(=O)OC. The number of nitrogens with one attached hydrogen (secondary N) is 2. The summed E-state index contributed by atoms with van der Waals surface area (Å²) in [5.74, 6) is -1.20. The van der Waals surface area contributed by atoms with Crippen LogP contribution in [-0.2, 0) is 28.5 Å². The van der Waals surface area contributed by atoms with E-state index in [1.807, 2.05) is 0 Å². The molecule has 0 fully saturated rings. The summed E-state index contributed by atoms with van der Waals surface area (Å²) in [6, 6.07) is -1.33. The predicted molar refractivity (Wildman–Crippen MR) is 94.1 cm³/mol. The van der Waals surface area contributed by atoms with Gasteiger partial charge >= 0.3 is 18.0 Å². The van der Waals surface area contributed by atoms with E-state index in [2.05, 4.69) is 29.6 Å². The number of rotatable bonds is 14. The van der Waals surface area contributed by atoms with Crippen LogP contribution in [0.15, 0.2) is 0 Å². The largest absolute Gasteiger partial charge is 0.467 e. The van der Waals surface area contributed by atoms with Crippen LogP contribution in [0.1, 0.15) is 38.5 Å². The van der Waals surface area contributed by atoms with Crippen molar-refractivity contribution in [2.75, 3.05) is 27.4 Å². The highest BCUT2D eigenvalue weighted by Crippen LogP contribution is 2.06. The lowest BCUT2D eigenvalue weighted by atomic mass is 10.1. The monoisotopic (exact) mass is 398 g/mol. The molecule has 0 aliphatic carbocycles. The van der Waals surface area contributed by atoms with Gasteiger partial charge in [0.25, 0.3) is 12.5 Å². The van der Waals surface area contributed by atoms with Crippen molar-refractivity contribution < 1.29 is 33.3 Å². The van der Waals surface area contributed by atoms with Crippen molar-refractivity contribution in [1.82, 2.24) is 10.6 Å². The van der Waals surface area contributed by atoms with Crippen molar-refractivity contribution >= 4 is 18.0 Å². The van der Waals surface area contributed by atoms with Gasteiger partial charge in [-0.3, -0.25) is 0 Å². The van der Waals surface area contributed by atoms with Crippen molar-refractivity contribution in [2.24, 2.45) is 0 Å². The minimum absolute atomic E-state index is 0.249. The summed E-state index contributed by atoms with van der Waals surface area (Å²) in [7, 11) is 2.44. The van der Waals surface area contributed by atoms with E-state index in [9.17, 15) is 14.4 Å². The third-order valence-corrected chi connectivity index (χ3v) is 3.68. The number of hydrogen-bond acceptors (Lipinski definition) is 9. The summed E-state index contributed by atoms with van der Waals surface area (Å²) in [6.45, 7) is 0.550. The molecule has 28 heavy (non-hydrogen) atoms. The molecule has 0 saturated carbocycles. The van der Waals surface area contributed by atoms with E-state index in [-0.39, 0.29) is 13.0 Å². The van der Waals surface area contributed by atoms with Gasteiger partial charge in [0.05, 0.1) is 14.2 Å². The first kappa shape index (κ1) is 24.8. The Bertz CT molecular complexity index is 571. The van der Waals surface area contributed by atoms with Crippen LogP contribution in [0.2, 0.25) is 0 Å². The molecule has 2 atom stereocenters. The number of urea groups is 1. The Labute approximate surface area is 163 Å². The smallest absolute Gasteiger partial charge is 0.348 e. The van der Waals surface area contributed by atoms with Crippen molar-refractivity contribution in [3.8, 4) is 12.5 Å². The number of methoxy groups -OCH3 is 2. The lowest BCUT2D eigenvalue weighted by molar-refractivity contribution is -0.150. The molecule has 11 nitrogen and oxygen atoms in total. The maximum atomic E-state index is 11.9. The molecule has 2 unspecified atom stereocenters. The third-order valence-electron chi connectivity index (χ3n) is 3.68. The second-order valence-corrected chi connectivity index (χ2v) is 5.63. The molecular formula is C17H26N4O7. The Morgan fingerprint density at radius 1 is 0.929 bits per heavy atom. The summed E-state index contributed by atoms with van der Waals surface area (Å²) in [5, 5.41) is 21.9. The molecule has 0 heterocycles.